The van der Waals surface area contributed by atoms with Gasteiger partial charge in [0, 0.05) is 5.54 Å². The van der Waals surface area contributed by atoms with Crippen molar-refractivity contribution in [3.05, 3.63) is 28.5 Å². The zero-order valence-electron chi connectivity index (χ0n) is 11.7. The number of amides is 1. The molecule has 0 radical (unpaired) electrons. The Labute approximate surface area is 117 Å². The van der Waals surface area contributed by atoms with E-state index in [4.69, 9.17) is 12.2 Å². The van der Waals surface area contributed by atoms with Crippen molar-refractivity contribution in [2.45, 2.75) is 39.8 Å². The zero-order valence-corrected chi connectivity index (χ0v) is 12.5. The van der Waals surface area contributed by atoms with Crippen LogP contribution in [0.4, 0.5) is 0 Å². The Morgan fingerprint density at radius 3 is 2.74 bits per heavy atom. The van der Waals surface area contributed by atoms with E-state index in [2.05, 4.69) is 10.3 Å². The molecule has 4 nitrogen and oxygen atoms in total. The number of hydrogen-bond donors (Lipinski definition) is 2. The lowest BCUT2D eigenvalue weighted by molar-refractivity contribution is -0.123. The number of hydrogen-bond acceptors (Lipinski definition) is 2. The summed E-state index contributed by atoms with van der Waals surface area (Å²) in [6.07, 6.45) is 0. The van der Waals surface area contributed by atoms with E-state index in [-0.39, 0.29) is 18.0 Å². The molecule has 0 bridgehead atoms. The maximum absolute atomic E-state index is 12.0. The van der Waals surface area contributed by atoms with E-state index in [1.54, 1.807) is 0 Å². The summed E-state index contributed by atoms with van der Waals surface area (Å²) in [5, 5.41) is 2.94. The van der Waals surface area contributed by atoms with Gasteiger partial charge >= 0.3 is 0 Å². The Morgan fingerprint density at radius 2 is 2.11 bits per heavy atom. The van der Waals surface area contributed by atoms with Crippen molar-refractivity contribution in [2.75, 3.05) is 0 Å². The SMILES string of the molecule is Cc1cccc2c1[nH]c(=S)n2CC(=O)NC(C)(C)C. The van der Waals surface area contributed by atoms with E-state index in [9.17, 15) is 4.79 Å². The van der Waals surface area contributed by atoms with E-state index in [1.807, 2.05) is 50.5 Å². The minimum Gasteiger partial charge on any atom is -0.350 e. The van der Waals surface area contributed by atoms with Gasteiger partial charge in [0.25, 0.3) is 0 Å². The number of H-pyrrole nitrogens is 1. The monoisotopic (exact) mass is 277 g/mol. The molecule has 0 aliphatic heterocycles. The maximum atomic E-state index is 12.0. The first-order chi connectivity index (χ1) is 8.78. The van der Waals surface area contributed by atoms with Gasteiger partial charge in [0.1, 0.15) is 6.54 Å². The van der Waals surface area contributed by atoms with Crippen molar-refractivity contribution in [3.63, 3.8) is 0 Å². The van der Waals surface area contributed by atoms with E-state index >= 15 is 0 Å². The van der Waals surface area contributed by atoms with Crippen LogP contribution >= 0.6 is 12.2 Å². The number of fused-ring (bicyclic) bond motifs is 1. The van der Waals surface area contributed by atoms with Crippen LogP contribution in [0.5, 0.6) is 0 Å². The number of aryl methyl sites for hydroxylation is 1. The van der Waals surface area contributed by atoms with Gasteiger partial charge in [-0.25, -0.2) is 0 Å². The lowest BCUT2D eigenvalue weighted by atomic mass is 10.1. The molecule has 0 atom stereocenters. The van der Waals surface area contributed by atoms with Crippen LogP contribution in [0.2, 0.25) is 0 Å². The molecule has 0 unspecified atom stereocenters. The number of imidazole rings is 1. The first kappa shape index (κ1) is 13.8. The number of rotatable bonds is 2. The molecule has 19 heavy (non-hydrogen) atoms. The highest BCUT2D eigenvalue weighted by molar-refractivity contribution is 7.71. The molecule has 0 saturated carbocycles. The average molecular weight is 277 g/mol. The van der Waals surface area contributed by atoms with Crippen LogP contribution in [0, 0.1) is 11.7 Å². The highest BCUT2D eigenvalue weighted by Crippen LogP contribution is 2.17. The van der Waals surface area contributed by atoms with Gasteiger partial charge in [0.2, 0.25) is 5.91 Å². The van der Waals surface area contributed by atoms with E-state index in [1.165, 1.54) is 0 Å². The van der Waals surface area contributed by atoms with Crippen LogP contribution in [0.25, 0.3) is 11.0 Å². The zero-order chi connectivity index (χ0) is 14.2. The molecule has 1 heterocycles. The van der Waals surface area contributed by atoms with Crippen LogP contribution in [0.1, 0.15) is 26.3 Å². The smallest absolute Gasteiger partial charge is 0.240 e. The minimum atomic E-state index is -0.235. The normalized spacial score (nSPS) is 11.8. The number of aromatic nitrogens is 2. The second kappa shape index (κ2) is 4.81. The molecule has 5 heteroatoms. The fraction of sp³-hybridized carbons (Fsp3) is 0.429. The lowest BCUT2D eigenvalue weighted by Crippen LogP contribution is -2.42. The molecular weight excluding hydrogens is 258 g/mol. The fourth-order valence-corrected chi connectivity index (χ4v) is 2.35. The van der Waals surface area contributed by atoms with E-state index in [0.29, 0.717) is 4.77 Å². The van der Waals surface area contributed by atoms with Gasteiger partial charge in [-0.3, -0.25) is 4.79 Å². The standard InChI is InChI=1S/C14H19N3OS/c1-9-6-5-7-10-12(9)15-13(19)17(10)8-11(18)16-14(2,3)4/h5-7H,8H2,1-4H3,(H,15,19)(H,16,18). The summed E-state index contributed by atoms with van der Waals surface area (Å²) in [6, 6.07) is 5.96. The molecule has 0 spiro atoms. The van der Waals surface area contributed by atoms with Gasteiger partial charge in [-0.15, -0.1) is 0 Å². The maximum Gasteiger partial charge on any atom is 0.240 e. The quantitative estimate of drug-likeness (QED) is 0.829. The van der Waals surface area contributed by atoms with Crippen molar-refractivity contribution in [1.29, 1.82) is 0 Å². The third-order valence-electron chi connectivity index (χ3n) is 2.83. The molecule has 1 amide bonds. The van der Waals surface area contributed by atoms with Gasteiger partial charge in [0.05, 0.1) is 11.0 Å². The molecule has 0 aliphatic carbocycles. The second-order valence-corrected chi connectivity index (χ2v) is 6.17. The van der Waals surface area contributed by atoms with Gasteiger partial charge in [-0.1, -0.05) is 12.1 Å². The number of benzene rings is 1. The van der Waals surface area contributed by atoms with Crippen molar-refractivity contribution in [3.8, 4) is 0 Å². The van der Waals surface area contributed by atoms with Gasteiger partial charge in [-0.05, 0) is 51.5 Å². The third-order valence-corrected chi connectivity index (χ3v) is 3.16. The number of carbonyl (C=O) groups is 1. The van der Waals surface area contributed by atoms with Crippen LogP contribution in [0.3, 0.4) is 0 Å². The highest BCUT2D eigenvalue weighted by Gasteiger charge is 2.15. The number of nitrogens with one attached hydrogen (secondary N) is 2. The summed E-state index contributed by atoms with van der Waals surface area (Å²) in [5.41, 5.74) is 2.85. The Kier molecular flexibility index (Phi) is 3.49. The largest absolute Gasteiger partial charge is 0.350 e. The predicted octanol–water partition coefficient (Wildman–Crippen LogP) is 2.92. The highest BCUT2D eigenvalue weighted by atomic mass is 32.1. The van der Waals surface area contributed by atoms with Crippen LogP contribution < -0.4 is 5.32 Å². The Balaban J connectivity index is 2.36. The molecule has 1 aromatic heterocycles. The van der Waals surface area contributed by atoms with Crippen molar-refractivity contribution < 1.29 is 4.79 Å². The lowest BCUT2D eigenvalue weighted by Gasteiger charge is -2.20. The third kappa shape index (κ3) is 3.04. The molecule has 2 rings (SSSR count). The molecule has 1 aromatic carbocycles. The van der Waals surface area contributed by atoms with Crippen LogP contribution in [0.15, 0.2) is 18.2 Å². The molecule has 102 valence electrons. The van der Waals surface area contributed by atoms with E-state index < -0.39 is 0 Å². The molecule has 2 N–H and O–H groups in total. The van der Waals surface area contributed by atoms with E-state index in [0.717, 1.165) is 16.6 Å². The van der Waals surface area contributed by atoms with Gasteiger partial charge in [0.15, 0.2) is 4.77 Å². The molecule has 0 aliphatic rings. The number of aromatic amines is 1. The Morgan fingerprint density at radius 1 is 1.42 bits per heavy atom. The second-order valence-electron chi connectivity index (χ2n) is 5.78. The number of carbonyl (C=O) groups excluding carboxylic acids is 1. The minimum absolute atomic E-state index is 0.0361. The Hall–Kier alpha value is -1.62. The first-order valence-corrected chi connectivity index (χ1v) is 6.68. The topological polar surface area (TPSA) is 49.8 Å². The summed E-state index contributed by atoms with van der Waals surface area (Å²) in [6.45, 7) is 8.14. The first-order valence-electron chi connectivity index (χ1n) is 6.27. The fourth-order valence-electron chi connectivity index (χ4n) is 2.08. The van der Waals surface area contributed by atoms with Crippen molar-refractivity contribution in [1.82, 2.24) is 14.9 Å². The van der Waals surface area contributed by atoms with Crippen molar-refractivity contribution in [2.24, 2.45) is 0 Å². The predicted molar refractivity (Wildman–Crippen MR) is 79.8 cm³/mol. The van der Waals surface area contributed by atoms with Gasteiger partial charge < -0.3 is 14.9 Å². The van der Waals surface area contributed by atoms with Crippen LogP contribution in [-0.4, -0.2) is 21.0 Å². The Bertz CT molecular complexity index is 676. The number of para-hydroxylation sites is 1. The van der Waals surface area contributed by atoms with Crippen LogP contribution in [-0.2, 0) is 11.3 Å². The van der Waals surface area contributed by atoms with Crippen molar-refractivity contribution >= 4 is 29.2 Å². The molecular formula is C14H19N3OS. The average Bonchev–Trinajstić information content (AvgIpc) is 2.55. The summed E-state index contributed by atoms with van der Waals surface area (Å²) >= 11 is 5.30. The van der Waals surface area contributed by atoms with Gasteiger partial charge in [-0.2, -0.15) is 0 Å². The molecule has 0 fully saturated rings. The molecule has 2 aromatic rings. The summed E-state index contributed by atoms with van der Waals surface area (Å²) in [5.74, 6) is -0.0361. The summed E-state index contributed by atoms with van der Waals surface area (Å²) in [7, 11) is 0. The number of nitrogens with zero attached hydrogens (tertiary/aromatic N) is 1. The summed E-state index contributed by atoms with van der Waals surface area (Å²) < 4.78 is 2.41. The molecule has 0 saturated heterocycles. The summed E-state index contributed by atoms with van der Waals surface area (Å²) in [4.78, 5) is 15.2.